The van der Waals surface area contributed by atoms with Gasteiger partial charge in [0.25, 0.3) is 5.56 Å². The van der Waals surface area contributed by atoms with Gasteiger partial charge in [-0.1, -0.05) is 6.92 Å². The summed E-state index contributed by atoms with van der Waals surface area (Å²) in [4.78, 5) is 53.3. The number of carbonyl (C=O) groups is 2. The zero-order valence-corrected chi connectivity index (χ0v) is 18.3. The van der Waals surface area contributed by atoms with Crippen molar-refractivity contribution < 1.29 is 14.3 Å². The van der Waals surface area contributed by atoms with Crippen LogP contribution in [0.3, 0.4) is 0 Å². The molecule has 0 aromatic carbocycles. The van der Waals surface area contributed by atoms with Crippen LogP contribution in [0.2, 0.25) is 0 Å². The second-order valence-electron chi connectivity index (χ2n) is 8.44. The molecule has 2 fully saturated rings. The average molecular weight is 435 g/mol. The lowest BCUT2D eigenvalue weighted by Crippen LogP contribution is -2.51. The lowest BCUT2D eigenvalue weighted by atomic mass is 10.1. The van der Waals surface area contributed by atoms with E-state index in [1.807, 2.05) is 6.92 Å². The fourth-order valence-corrected chi connectivity index (χ4v) is 5.14. The molecule has 4 rings (SSSR count). The lowest BCUT2D eigenvalue weighted by Gasteiger charge is -2.26. The third-order valence-electron chi connectivity index (χ3n) is 6.04. The van der Waals surface area contributed by atoms with E-state index in [-0.39, 0.29) is 23.2 Å². The van der Waals surface area contributed by atoms with Crippen molar-refractivity contribution in [2.75, 3.05) is 26.8 Å². The number of rotatable bonds is 7. The molecule has 1 saturated carbocycles. The first-order chi connectivity index (χ1) is 14.3. The van der Waals surface area contributed by atoms with E-state index in [0.29, 0.717) is 43.0 Å². The molecule has 0 unspecified atom stereocenters. The second kappa shape index (κ2) is 7.66. The van der Waals surface area contributed by atoms with Gasteiger partial charge in [-0.3, -0.25) is 23.5 Å². The molecule has 1 aliphatic heterocycles. The van der Waals surface area contributed by atoms with Gasteiger partial charge in [-0.2, -0.15) is 0 Å². The lowest BCUT2D eigenvalue weighted by molar-refractivity contribution is -0.148. The van der Waals surface area contributed by atoms with Crippen LogP contribution in [0, 0.1) is 12.3 Å². The second-order valence-corrected chi connectivity index (χ2v) is 9.53. The Morgan fingerprint density at radius 2 is 1.90 bits per heavy atom. The van der Waals surface area contributed by atoms with Crippen LogP contribution in [0.15, 0.2) is 9.59 Å². The average Bonchev–Trinajstić information content (AvgIpc) is 3.35. The van der Waals surface area contributed by atoms with Crippen LogP contribution in [0.4, 0.5) is 0 Å². The van der Waals surface area contributed by atoms with E-state index < -0.39 is 11.8 Å². The normalized spacial score (nSPS) is 18.2. The Labute approximate surface area is 177 Å². The fourth-order valence-electron chi connectivity index (χ4n) is 3.81. The molecule has 162 valence electrons. The molecular formula is C20H26N4O5S. The van der Waals surface area contributed by atoms with Crippen LogP contribution >= 0.6 is 11.3 Å². The maximum absolute atomic E-state index is 13.3. The van der Waals surface area contributed by atoms with Crippen LogP contribution in [0.5, 0.6) is 0 Å². The zero-order chi connectivity index (χ0) is 21.6. The van der Waals surface area contributed by atoms with Gasteiger partial charge in [0, 0.05) is 31.6 Å². The third kappa shape index (κ3) is 3.58. The Hall–Kier alpha value is -2.46. The van der Waals surface area contributed by atoms with E-state index in [9.17, 15) is 19.2 Å². The fraction of sp³-hybridized carbons (Fsp3) is 0.600. The molecule has 2 amide bonds. The first-order valence-corrected chi connectivity index (χ1v) is 10.9. The molecule has 2 aromatic rings. The number of ether oxygens (including phenoxy) is 1. The Bertz CT molecular complexity index is 1140. The SMILES string of the molecule is COCCn1c(=O)n(CC2(C)CC2)c(=O)c2c(C)c(CN3CCNC(=O)C3=O)sc21. The number of aryl methyl sites for hydroxylation is 1. The van der Waals surface area contributed by atoms with Crippen LogP contribution in [-0.4, -0.2) is 52.7 Å². The molecule has 1 saturated heterocycles. The van der Waals surface area contributed by atoms with E-state index in [1.54, 1.807) is 11.7 Å². The van der Waals surface area contributed by atoms with Crippen molar-refractivity contribution in [1.82, 2.24) is 19.4 Å². The van der Waals surface area contributed by atoms with E-state index in [0.717, 1.165) is 23.3 Å². The Balaban J connectivity index is 1.82. The highest BCUT2D eigenvalue weighted by Gasteiger charge is 2.39. The summed E-state index contributed by atoms with van der Waals surface area (Å²) in [5, 5.41) is 3.05. The quantitative estimate of drug-likeness (QED) is 0.637. The highest BCUT2D eigenvalue weighted by Crippen LogP contribution is 2.46. The van der Waals surface area contributed by atoms with Crippen molar-refractivity contribution in [3.8, 4) is 0 Å². The standard InChI is InChI=1S/C20H26N4O5S/c1-12-13(10-22-7-6-21-15(25)17(22)27)30-18-14(12)16(26)24(11-20(2)4-5-20)19(28)23(18)8-9-29-3/h4-11H2,1-3H3,(H,21,25). The van der Waals surface area contributed by atoms with Crippen molar-refractivity contribution >= 4 is 33.4 Å². The molecule has 1 aliphatic carbocycles. The minimum absolute atomic E-state index is 0.00388. The van der Waals surface area contributed by atoms with Gasteiger partial charge >= 0.3 is 17.5 Å². The first kappa shape index (κ1) is 20.8. The predicted molar refractivity (Wildman–Crippen MR) is 113 cm³/mol. The Morgan fingerprint density at radius 3 is 2.57 bits per heavy atom. The zero-order valence-electron chi connectivity index (χ0n) is 17.4. The van der Waals surface area contributed by atoms with Crippen LogP contribution in [-0.2, 0) is 34.0 Å². The molecule has 0 spiro atoms. The third-order valence-corrected chi connectivity index (χ3v) is 7.34. The van der Waals surface area contributed by atoms with Gasteiger partial charge in [-0.15, -0.1) is 11.3 Å². The first-order valence-electron chi connectivity index (χ1n) is 10.1. The number of hydrogen-bond donors (Lipinski definition) is 1. The molecule has 0 bridgehead atoms. The predicted octanol–water partition coefficient (Wildman–Crippen LogP) is 0.438. The van der Waals surface area contributed by atoms with Crippen LogP contribution in [0.1, 0.15) is 30.2 Å². The van der Waals surface area contributed by atoms with E-state index in [1.165, 1.54) is 20.8 Å². The molecule has 2 aliphatic rings. The minimum Gasteiger partial charge on any atom is -0.383 e. The Kier molecular flexibility index (Phi) is 5.31. The molecule has 3 heterocycles. The van der Waals surface area contributed by atoms with Gasteiger partial charge in [0.05, 0.1) is 25.1 Å². The molecule has 0 radical (unpaired) electrons. The summed E-state index contributed by atoms with van der Waals surface area (Å²) in [7, 11) is 1.57. The van der Waals surface area contributed by atoms with Gasteiger partial charge in [0.15, 0.2) is 0 Å². The number of nitrogens with one attached hydrogen (secondary N) is 1. The van der Waals surface area contributed by atoms with E-state index >= 15 is 0 Å². The molecule has 30 heavy (non-hydrogen) atoms. The molecule has 10 heteroatoms. The molecule has 9 nitrogen and oxygen atoms in total. The van der Waals surface area contributed by atoms with Gasteiger partial charge in [-0.05, 0) is 30.7 Å². The number of thiophene rings is 1. The number of hydrogen-bond acceptors (Lipinski definition) is 6. The highest BCUT2D eigenvalue weighted by atomic mass is 32.1. The van der Waals surface area contributed by atoms with Crippen LogP contribution < -0.4 is 16.6 Å². The number of aromatic nitrogens is 2. The summed E-state index contributed by atoms with van der Waals surface area (Å²) in [5.74, 6) is -1.19. The van der Waals surface area contributed by atoms with Gasteiger partial charge < -0.3 is 15.0 Å². The maximum atomic E-state index is 13.3. The smallest absolute Gasteiger partial charge is 0.332 e. The number of fused-ring (bicyclic) bond motifs is 1. The van der Waals surface area contributed by atoms with Crippen molar-refractivity contribution in [1.29, 1.82) is 0 Å². The summed E-state index contributed by atoms with van der Waals surface area (Å²) < 4.78 is 8.14. The molecule has 1 N–H and O–H groups in total. The van der Waals surface area contributed by atoms with Crippen molar-refractivity contribution in [3.63, 3.8) is 0 Å². The number of piperazine rings is 1. The number of methoxy groups -OCH3 is 1. The van der Waals surface area contributed by atoms with Gasteiger partial charge in [0.1, 0.15) is 4.83 Å². The summed E-state index contributed by atoms with van der Waals surface area (Å²) in [6, 6.07) is 0. The molecule has 0 atom stereocenters. The maximum Gasteiger partial charge on any atom is 0.332 e. The van der Waals surface area contributed by atoms with E-state index in [4.69, 9.17) is 4.74 Å². The van der Waals surface area contributed by atoms with E-state index in [2.05, 4.69) is 12.2 Å². The number of amides is 2. The van der Waals surface area contributed by atoms with Crippen molar-refractivity contribution in [3.05, 3.63) is 31.3 Å². The molecular weight excluding hydrogens is 408 g/mol. The van der Waals surface area contributed by atoms with Crippen LogP contribution in [0.25, 0.3) is 10.2 Å². The number of carbonyl (C=O) groups excluding carboxylic acids is 2. The van der Waals surface area contributed by atoms with Gasteiger partial charge in [0.2, 0.25) is 0 Å². The van der Waals surface area contributed by atoms with Gasteiger partial charge in [-0.25, -0.2) is 4.79 Å². The largest absolute Gasteiger partial charge is 0.383 e. The topological polar surface area (TPSA) is 103 Å². The highest BCUT2D eigenvalue weighted by molar-refractivity contribution is 7.18. The molecule has 2 aromatic heterocycles. The summed E-state index contributed by atoms with van der Waals surface area (Å²) in [5.41, 5.74) is 0.161. The summed E-state index contributed by atoms with van der Waals surface area (Å²) in [6.45, 7) is 6.08. The summed E-state index contributed by atoms with van der Waals surface area (Å²) in [6.07, 6.45) is 2.00. The monoisotopic (exact) mass is 434 g/mol. The summed E-state index contributed by atoms with van der Waals surface area (Å²) >= 11 is 1.34. The van der Waals surface area contributed by atoms with Crippen molar-refractivity contribution in [2.24, 2.45) is 5.41 Å². The minimum atomic E-state index is -0.614. The Morgan fingerprint density at radius 1 is 1.17 bits per heavy atom. The number of nitrogens with zero attached hydrogens (tertiary/aromatic N) is 3. The van der Waals surface area contributed by atoms with Crippen molar-refractivity contribution in [2.45, 2.75) is 46.3 Å².